The fourth-order valence-electron chi connectivity index (χ4n) is 2.14. The number of hydrogen-bond donors (Lipinski definition) is 0. The normalized spacial score (nSPS) is 22.8. The fraction of sp³-hybridized carbons (Fsp3) is 0.231. The lowest BCUT2D eigenvalue weighted by molar-refractivity contribution is 0.630. The largest absolute Gasteiger partial charge is 0.245 e. The fourth-order valence-corrected chi connectivity index (χ4v) is 2.14. The summed E-state index contributed by atoms with van der Waals surface area (Å²) < 4.78 is 0. The van der Waals surface area contributed by atoms with Crippen molar-refractivity contribution in [2.45, 2.75) is 12.0 Å². The van der Waals surface area contributed by atoms with Gasteiger partial charge in [0.25, 0.3) is 0 Å². The van der Waals surface area contributed by atoms with Crippen LogP contribution >= 0.6 is 0 Å². The van der Waals surface area contributed by atoms with Crippen LogP contribution in [0.5, 0.6) is 0 Å². The smallest absolute Gasteiger partial charge is 0.115 e. The molecule has 2 unspecified atom stereocenters. The monoisotopic (exact) mass is 224 g/mol. The first-order valence-electron chi connectivity index (χ1n) is 5.61. The van der Waals surface area contributed by atoms with Crippen LogP contribution in [-0.2, 0) is 0 Å². The van der Waals surface area contributed by atoms with Crippen LogP contribution in [0.3, 0.4) is 0 Å². The summed E-state index contributed by atoms with van der Waals surface area (Å²) in [6, 6.07) is 10.3. The van der Waals surface area contributed by atoms with Crippen LogP contribution < -0.4 is 0 Å². The Morgan fingerprint density at radius 2 is 1.71 bits per heavy atom. The highest BCUT2D eigenvalue weighted by Gasteiger charge is 2.28. The lowest BCUT2D eigenvalue weighted by Gasteiger charge is -2.15. The third-order valence-corrected chi connectivity index (χ3v) is 3.02. The molecule has 4 heteroatoms. The first kappa shape index (κ1) is 10.1. The Kier molecular flexibility index (Phi) is 2.62. The molecule has 0 fully saturated rings. The minimum absolute atomic E-state index is 0.0993. The molecule has 1 aliphatic heterocycles. The summed E-state index contributed by atoms with van der Waals surface area (Å²) in [5.41, 5.74) is 2.30. The van der Waals surface area contributed by atoms with E-state index in [0.717, 1.165) is 5.56 Å². The van der Waals surface area contributed by atoms with Gasteiger partial charge in [-0.1, -0.05) is 30.3 Å². The van der Waals surface area contributed by atoms with Gasteiger partial charge in [-0.3, -0.25) is 0 Å². The molecular formula is C13H12N4. The van der Waals surface area contributed by atoms with Gasteiger partial charge in [0, 0.05) is 18.3 Å². The summed E-state index contributed by atoms with van der Waals surface area (Å²) in [5.74, 6) is 0.263. The van der Waals surface area contributed by atoms with Crippen molar-refractivity contribution in [3.63, 3.8) is 0 Å². The second-order valence-corrected chi connectivity index (χ2v) is 4.07. The lowest BCUT2D eigenvalue weighted by Crippen LogP contribution is -2.08. The van der Waals surface area contributed by atoms with Crippen LogP contribution in [0, 0.1) is 0 Å². The average Bonchev–Trinajstić information content (AvgIpc) is 2.90. The summed E-state index contributed by atoms with van der Waals surface area (Å²) in [7, 11) is 0. The summed E-state index contributed by atoms with van der Waals surface area (Å²) in [6.45, 7) is 0.715. The second kappa shape index (κ2) is 4.41. The van der Waals surface area contributed by atoms with Gasteiger partial charge in [0.2, 0.25) is 0 Å². The van der Waals surface area contributed by atoms with Crippen molar-refractivity contribution < 1.29 is 0 Å². The molecule has 3 rings (SSSR count). The maximum Gasteiger partial charge on any atom is 0.115 e. The molecule has 0 bridgehead atoms. The van der Waals surface area contributed by atoms with Crippen LogP contribution in [0.15, 0.2) is 59.3 Å². The number of nitrogens with zero attached hydrogens (tertiary/aromatic N) is 4. The molecular weight excluding hydrogens is 212 g/mol. The number of rotatable bonds is 2. The van der Waals surface area contributed by atoms with Gasteiger partial charge >= 0.3 is 0 Å². The number of benzene rings is 1. The van der Waals surface area contributed by atoms with E-state index in [1.165, 1.54) is 5.56 Å². The van der Waals surface area contributed by atoms with E-state index in [4.69, 9.17) is 0 Å². The van der Waals surface area contributed by atoms with Crippen LogP contribution in [-0.4, -0.2) is 16.5 Å². The van der Waals surface area contributed by atoms with E-state index in [-0.39, 0.29) is 12.0 Å². The maximum atomic E-state index is 4.33. The molecule has 4 nitrogen and oxygen atoms in total. The van der Waals surface area contributed by atoms with Gasteiger partial charge in [0.05, 0.1) is 6.54 Å². The van der Waals surface area contributed by atoms with Crippen molar-refractivity contribution >= 4 is 0 Å². The SMILES string of the molecule is c1ccc(C2N=NCC2c2cncnc2)cc1. The lowest BCUT2D eigenvalue weighted by atomic mass is 9.90. The summed E-state index contributed by atoms with van der Waals surface area (Å²) in [4.78, 5) is 8.13. The Labute approximate surface area is 99.5 Å². The summed E-state index contributed by atoms with van der Waals surface area (Å²) in [6.07, 6.45) is 5.25. The van der Waals surface area contributed by atoms with Gasteiger partial charge in [-0.25, -0.2) is 9.97 Å². The highest BCUT2D eigenvalue weighted by atomic mass is 15.2. The summed E-state index contributed by atoms with van der Waals surface area (Å²) in [5, 5.41) is 8.50. The van der Waals surface area contributed by atoms with E-state index in [1.54, 1.807) is 6.33 Å². The van der Waals surface area contributed by atoms with Crippen molar-refractivity contribution in [3.05, 3.63) is 60.2 Å². The number of aromatic nitrogens is 2. The van der Waals surface area contributed by atoms with Crippen LogP contribution in [0.25, 0.3) is 0 Å². The Hall–Kier alpha value is -2.10. The minimum Gasteiger partial charge on any atom is -0.245 e. The van der Waals surface area contributed by atoms with Gasteiger partial charge in [0.1, 0.15) is 12.4 Å². The molecule has 0 radical (unpaired) electrons. The highest BCUT2D eigenvalue weighted by molar-refractivity contribution is 5.26. The molecule has 1 aliphatic rings. The molecule has 2 atom stereocenters. The van der Waals surface area contributed by atoms with E-state index in [2.05, 4.69) is 32.3 Å². The maximum absolute atomic E-state index is 4.33. The van der Waals surface area contributed by atoms with E-state index < -0.39 is 0 Å². The first-order valence-corrected chi connectivity index (χ1v) is 5.61. The average molecular weight is 224 g/mol. The standard InChI is InChI=1S/C13H12N4/c1-2-4-10(5-3-1)13-12(8-16-17-13)11-6-14-9-15-7-11/h1-7,9,12-13H,8H2. The molecule has 17 heavy (non-hydrogen) atoms. The third kappa shape index (κ3) is 1.93. The van der Waals surface area contributed by atoms with Crippen molar-refractivity contribution in [2.75, 3.05) is 6.54 Å². The molecule has 1 aromatic carbocycles. The Bertz CT molecular complexity index is 509. The van der Waals surface area contributed by atoms with Gasteiger partial charge in [-0.15, -0.1) is 0 Å². The van der Waals surface area contributed by atoms with Crippen molar-refractivity contribution in [3.8, 4) is 0 Å². The topological polar surface area (TPSA) is 50.5 Å². The van der Waals surface area contributed by atoms with E-state index in [0.29, 0.717) is 6.54 Å². The zero-order valence-electron chi connectivity index (χ0n) is 9.27. The zero-order chi connectivity index (χ0) is 11.5. The van der Waals surface area contributed by atoms with Gasteiger partial charge in [-0.2, -0.15) is 10.2 Å². The van der Waals surface area contributed by atoms with E-state index in [9.17, 15) is 0 Å². The van der Waals surface area contributed by atoms with Crippen LogP contribution in [0.2, 0.25) is 0 Å². The number of azo groups is 1. The van der Waals surface area contributed by atoms with E-state index >= 15 is 0 Å². The molecule has 0 amide bonds. The molecule has 2 aromatic rings. The molecule has 0 spiro atoms. The summed E-state index contributed by atoms with van der Waals surface area (Å²) >= 11 is 0. The quantitative estimate of drug-likeness (QED) is 0.787. The predicted molar refractivity (Wildman–Crippen MR) is 63.7 cm³/mol. The molecule has 2 heterocycles. The molecule has 0 N–H and O–H groups in total. The molecule has 0 saturated carbocycles. The van der Waals surface area contributed by atoms with Gasteiger partial charge < -0.3 is 0 Å². The van der Waals surface area contributed by atoms with Gasteiger partial charge in [-0.05, 0) is 11.1 Å². The third-order valence-electron chi connectivity index (χ3n) is 3.02. The molecule has 84 valence electrons. The first-order chi connectivity index (χ1) is 8.45. The van der Waals surface area contributed by atoms with E-state index in [1.807, 2.05) is 30.6 Å². The Morgan fingerprint density at radius 3 is 2.47 bits per heavy atom. The van der Waals surface area contributed by atoms with Gasteiger partial charge in [0.15, 0.2) is 0 Å². The van der Waals surface area contributed by atoms with Crippen molar-refractivity contribution in [1.29, 1.82) is 0 Å². The predicted octanol–water partition coefficient (Wildman–Crippen LogP) is 2.77. The minimum atomic E-state index is 0.0993. The Balaban J connectivity index is 1.93. The van der Waals surface area contributed by atoms with Crippen LogP contribution in [0.1, 0.15) is 23.1 Å². The second-order valence-electron chi connectivity index (χ2n) is 4.07. The highest BCUT2D eigenvalue weighted by Crippen LogP contribution is 2.38. The molecule has 1 aromatic heterocycles. The molecule has 0 saturated heterocycles. The van der Waals surface area contributed by atoms with Crippen LogP contribution in [0.4, 0.5) is 0 Å². The van der Waals surface area contributed by atoms with Crippen molar-refractivity contribution in [1.82, 2.24) is 9.97 Å². The number of hydrogen-bond acceptors (Lipinski definition) is 4. The zero-order valence-corrected chi connectivity index (χ0v) is 9.27. The van der Waals surface area contributed by atoms with Crippen molar-refractivity contribution in [2.24, 2.45) is 10.2 Å². The Morgan fingerprint density at radius 1 is 0.941 bits per heavy atom. The molecule has 0 aliphatic carbocycles.